The molecular weight excluding hydrogens is 374 g/mol. The molecule has 0 saturated heterocycles. The van der Waals surface area contributed by atoms with Crippen LogP contribution in [0.3, 0.4) is 0 Å². The number of rotatable bonds is 12. The first-order valence-electron chi connectivity index (χ1n) is 9.99. The summed E-state index contributed by atoms with van der Waals surface area (Å²) < 4.78 is 28.7. The summed E-state index contributed by atoms with van der Waals surface area (Å²) >= 11 is 0. The van der Waals surface area contributed by atoms with E-state index < -0.39 is 9.84 Å². The van der Waals surface area contributed by atoms with E-state index in [9.17, 15) is 8.42 Å². The average molecular weight is 412 g/mol. The Balaban J connectivity index is 2.37. The zero-order chi connectivity index (χ0) is 21.0. The van der Waals surface area contributed by atoms with Crippen LogP contribution in [-0.2, 0) is 14.6 Å². The molecule has 0 aromatic heterocycles. The largest absolute Gasteiger partial charge is 0.374 e. The number of nitrogens with one attached hydrogen (secondary N) is 2. The van der Waals surface area contributed by atoms with Crippen molar-refractivity contribution >= 4 is 15.8 Å². The van der Waals surface area contributed by atoms with Crippen LogP contribution in [-0.4, -0.2) is 52.6 Å². The van der Waals surface area contributed by atoms with Crippen molar-refractivity contribution in [2.45, 2.75) is 46.6 Å². The highest BCUT2D eigenvalue weighted by molar-refractivity contribution is 7.90. The molecule has 1 rings (SSSR count). The number of nitrogens with zero attached hydrogens (tertiary/aromatic N) is 1. The van der Waals surface area contributed by atoms with Gasteiger partial charge in [0.25, 0.3) is 0 Å². The van der Waals surface area contributed by atoms with Crippen molar-refractivity contribution in [1.29, 1.82) is 0 Å². The van der Waals surface area contributed by atoms with Crippen molar-refractivity contribution in [3.8, 4) is 0 Å². The van der Waals surface area contributed by atoms with Crippen LogP contribution in [0.15, 0.2) is 35.3 Å². The van der Waals surface area contributed by atoms with Crippen LogP contribution >= 0.6 is 0 Å². The fourth-order valence-corrected chi connectivity index (χ4v) is 3.46. The van der Waals surface area contributed by atoms with Crippen molar-refractivity contribution in [2.75, 3.05) is 38.2 Å². The third-order valence-corrected chi connectivity index (χ3v) is 5.36. The molecule has 1 unspecified atom stereocenters. The highest BCUT2D eigenvalue weighted by Gasteiger charge is 2.20. The first-order valence-corrected chi connectivity index (χ1v) is 12.1. The number of sulfone groups is 1. The fraction of sp³-hybridized carbons (Fsp3) is 0.667. The number of aliphatic imine (C=N–C) groups is 1. The van der Waals surface area contributed by atoms with Crippen molar-refractivity contribution in [1.82, 2.24) is 10.6 Å². The second-order valence-corrected chi connectivity index (χ2v) is 10.2. The summed E-state index contributed by atoms with van der Waals surface area (Å²) in [5, 5.41) is 6.55. The monoisotopic (exact) mass is 411 g/mol. The minimum atomic E-state index is -2.95. The van der Waals surface area contributed by atoms with Crippen LogP contribution in [0.1, 0.15) is 52.2 Å². The molecule has 6 nitrogen and oxygen atoms in total. The second-order valence-electron chi connectivity index (χ2n) is 7.94. The van der Waals surface area contributed by atoms with Crippen molar-refractivity contribution in [3.05, 3.63) is 35.9 Å². The summed E-state index contributed by atoms with van der Waals surface area (Å²) in [6.45, 7) is 11.0. The Morgan fingerprint density at radius 3 is 2.50 bits per heavy atom. The zero-order valence-electron chi connectivity index (χ0n) is 18.0. The zero-order valence-corrected chi connectivity index (χ0v) is 18.8. The van der Waals surface area contributed by atoms with Gasteiger partial charge in [0.15, 0.2) is 5.96 Å². The Kier molecular flexibility index (Phi) is 10.5. The van der Waals surface area contributed by atoms with Gasteiger partial charge in [-0.15, -0.1) is 0 Å². The SMILES string of the molecule is CCNC(=NCC(C)(C)CCS(C)(=O)=O)NCCCOC(C)c1ccccc1. The van der Waals surface area contributed by atoms with E-state index in [1.54, 1.807) is 0 Å². The molecule has 0 bridgehead atoms. The Morgan fingerprint density at radius 2 is 1.89 bits per heavy atom. The van der Waals surface area contributed by atoms with Gasteiger partial charge in [-0.3, -0.25) is 4.99 Å². The van der Waals surface area contributed by atoms with E-state index in [0.717, 1.165) is 25.5 Å². The summed E-state index contributed by atoms with van der Waals surface area (Å²) in [5.41, 5.74) is 1.02. The maximum Gasteiger partial charge on any atom is 0.191 e. The van der Waals surface area contributed by atoms with Gasteiger partial charge in [0.05, 0.1) is 11.9 Å². The summed E-state index contributed by atoms with van der Waals surface area (Å²) in [7, 11) is -2.95. The standard InChI is InChI=1S/C21H37N3O3S/c1-6-22-20(24-17-21(3,4)13-16-28(5,25)26)23-14-10-15-27-18(2)19-11-8-7-9-12-19/h7-9,11-12,18H,6,10,13-17H2,1-5H3,(H2,22,23,24). The lowest BCUT2D eigenvalue weighted by Gasteiger charge is -2.22. The maximum atomic E-state index is 11.4. The van der Waals surface area contributed by atoms with Crippen LogP contribution in [0, 0.1) is 5.41 Å². The van der Waals surface area contributed by atoms with E-state index in [0.29, 0.717) is 19.6 Å². The minimum Gasteiger partial charge on any atom is -0.374 e. The summed E-state index contributed by atoms with van der Waals surface area (Å²) in [6.07, 6.45) is 2.83. The van der Waals surface area contributed by atoms with E-state index in [4.69, 9.17) is 4.74 Å². The molecule has 0 radical (unpaired) electrons. The van der Waals surface area contributed by atoms with E-state index in [2.05, 4.69) is 34.7 Å². The van der Waals surface area contributed by atoms with Crippen LogP contribution < -0.4 is 10.6 Å². The number of ether oxygens (including phenoxy) is 1. The van der Waals surface area contributed by atoms with Crippen molar-refractivity contribution in [3.63, 3.8) is 0 Å². The fourth-order valence-electron chi connectivity index (χ4n) is 2.53. The molecule has 0 heterocycles. The van der Waals surface area contributed by atoms with E-state index in [1.165, 1.54) is 11.8 Å². The molecule has 28 heavy (non-hydrogen) atoms. The van der Waals surface area contributed by atoms with Crippen molar-refractivity contribution < 1.29 is 13.2 Å². The molecule has 7 heteroatoms. The number of hydrogen-bond acceptors (Lipinski definition) is 4. The number of hydrogen-bond donors (Lipinski definition) is 2. The molecule has 0 amide bonds. The lowest BCUT2D eigenvalue weighted by molar-refractivity contribution is 0.0646. The van der Waals surface area contributed by atoms with E-state index >= 15 is 0 Å². The quantitative estimate of drug-likeness (QED) is 0.314. The first-order chi connectivity index (χ1) is 13.1. The molecule has 0 saturated carbocycles. The Morgan fingerprint density at radius 1 is 1.21 bits per heavy atom. The molecule has 0 spiro atoms. The van der Waals surface area contributed by atoms with Gasteiger partial charge in [-0.05, 0) is 37.7 Å². The maximum absolute atomic E-state index is 11.4. The molecule has 1 atom stereocenters. The lowest BCUT2D eigenvalue weighted by Crippen LogP contribution is -2.39. The van der Waals surface area contributed by atoms with Crippen LogP contribution in [0.2, 0.25) is 0 Å². The van der Waals surface area contributed by atoms with Gasteiger partial charge in [0.2, 0.25) is 0 Å². The predicted molar refractivity (Wildman–Crippen MR) is 118 cm³/mol. The third kappa shape index (κ3) is 11.3. The second kappa shape index (κ2) is 12.1. The van der Waals surface area contributed by atoms with Crippen LogP contribution in [0.4, 0.5) is 0 Å². The topological polar surface area (TPSA) is 79.8 Å². The van der Waals surface area contributed by atoms with Crippen LogP contribution in [0.5, 0.6) is 0 Å². The van der Waals surface area contributed by atoms with E-state index in [-0.39, 0.29) is 17.3 Å². The lowest BCUT2D eigenvalue weighted by atomic mass is 9.90. The molecule has 2 N–H and O–H groups in total. The van der Waals surface area contributed by atoms with Gasteiger partial charge < -0.3 is 15.4 Å². The van der Waals surface area contributed by atoms with E-state index in [1.807, 2.05) is 39.0 Å². The third-order valence-electron chi connectivity index (χ3n) is 4.41. The Bertz CT molecular complexity index is 688. The minimum absolute atomic E-state index is 0.0822. The molecule has 0 aliphatic heterocycles. The molecule has 0 fully saturated rings. The van der Waals surface area contributed by atoms with Gasteiger partial charge >= 0.3 is 0 Å². The van der Waals surface area contributed by atoms with Crippen LogP contribution in [0.25, 0.3) is 0 Å². The van der Waals surface area contributed by atoms with Crippen molar-refractivity contribution in [2.24, 2.45) is 10.4 Å². The molecular formula is C21H37N3O3S. The highest BCUT2D eigenvalue weighted by Crippen LogP contribution is 2.21. The first kappa shape index (κ1) is 24.4. The summed E-state index contributed by atoms with van der Waals surface area (Å²) in [5.74, 6) is 0.946. The van der Waals surface area contributed by atoms with Gasteiger partial charge in [0, 0.05) is 32.5 Å². The molecule has 1 aromatic rings. The molecule has 0 aliphatic carbocycles. The Labute approximate surface area is 171 Å². The Hall–Kier alpha value is -1.60. The van der Waals surface area contributed by atoms with Gasteiger partial charge in [0.1, 0.15) is 9.84 Å². The molecule has 0 aliphatic rings. The van der Waals surface area contributed by atoms with Gasteiger partial charge in [-0.2, -0.15) is 0 Å². The van der Waals surface area contributed by atoms with Gasteiger partial charge in [-0.25, -0.2) is 8.42 Å². The smallest absolute Gasteiger partial charge is 0.191 e. The number of guanidine groups is 1. The number of benzene rings is 1. The highest BCUT2D eigenvalue weighted by atomic mass is 32.2. The molecule has 160 valence electrons. The molecule has 1 aromatic carbocycles. The predicted octanol–water partition coefficient (Wildman–Crippen LogP) is 3.17. The normalized spacial score (nSPS) is 14.0. The average Bonchev–Trinajstić information content (AvgIpc) is 2.64. The summed E-state index contributed by atoms with van der Waals surface area (Å²) in [4.78, 5) is 4.62. The summed E-state index contributed by atoms with van der Waals surface area (Å²) in [6, 6.07) is 10.2. The van der Waals surface area contributed by atoms with Gasteiger partial charge in [-0.1, -0.05) is 44.2 Å².